The van der Waals surface area contributed by atoms with Crippen molar-refractivity contribution in [2.24, 2.45) is 5.92 Å². The summed E-state index contributed by atoms with van der Waals surface area (Å²) in [4.78, 5) is 40.8. The monoisotopic (exact) mass is 408 g/mol. The molecule has 2 saturated heterocycles. The first-order valence-electron chi connectivity index (χ1n) is 11.3. The molecular formula is C21H36N4O4. The SMILES string of the molecule is CCOC(=O)N1CCC(NC(=O)CC2C(=O)NCCN2CC2CCCCC2)CC1. The van der Waals surface area contributed by atoms with Gasteiger partial charge in [0.05, 0.1) is 19.1 Å². The third-order valence-electron chi connectivity index (χ3n) is 6.42. The van der Waals surface area contributed by atoms with Crippen LogP contribution in [-0.2, 0) is 14.3 Å². The van der Waals surface area contributed by atoms with Gasteiger partial charge < -0.3 is 20.3 Å². The molecule has 1 atom stereocenters. The minimum Gasteiger partial charge on any atom is -0.450 e. The summed E-state index contributed by atoms with van der Waals surface area (Å²) in [5, 5.41) is 6.00. The molecule has 0 radical (unpaired) electrons. The highest BCUT2D eigenvalue weighted by Gasteiger charge is 2.34. The number of hydrogen-bond donors (Lipinski definition) is 2. The van der Waals surface area contributed by atoms with E-state index in [1.54, 1.807) is 11.8 Å². The maximum atomic E-state index is 12.7. The second-order valence-electron chi connectivity index (χ2n) is 8.54. The van der Waals surface area contributed by atoms with Crippen molar-refractivity contribution in [1.29, 1.82) is 0 Å². The summed E-state index contributed by atoms with van der Waals surface area (Å²) in [5.41, 5.74) is 0. The van der Waals surface area contributed by atoms with E-state index in [9.17, 15) is 14.4 Å². The molecule has 3 amide bonds. The van der Waals surface area contributed by atoms with E-state index < -0.39 is 0 Å². The number of piperazine rings is 1. The van der Waals surface area contributed by atoms with Crippen molar-refractivity contribution >= 4 is 17.9 Å². The van der Waals surface area contributed by atoms with Gasteiger partial charge in [0.1, 0.15) is 0 Å². The molecule has 1 saturated carbocycles. The number of nitrogens with one attached hydrogen (secondary N) is 2. The molecule has 0 aromatic rings. The lowest BCUT2D eigenvalue weighted by Crippen LogP contribution is -2.58. The van der Waals surface area contributed by atoms with Crippen LogP contribution in [0.3, 0.4) is 0 Å². The third-order valence-corrected chi connectivity index (χ3v) is 6.42. The average molecular weight is 409 g/mol. The summed E-state index contributed by atoms with van der Waals surface area (Å²) in [7, 11) is 0. The molecule has 0 aromatic heterocycles. The topological polar surface area (TPSA) is 91.0 Å². The van der Waals surface area contributed by atoms with Gasteiger partial charge in [-0.25, -0.2) is 4.79 Å². The summed E-state index contributed by atoms with van der Waals surface area (Å²) < 4.78 is 5.03. The first-order valence-corrected chi connectivity index (χ1v) is 11.3. The molecule has 0 spiro atoms. The van der Waals surface area contributed by atoms with E-state index in [-0.39, 0.29) is 36.4 Å². The molecule has 0 aromatic carbocycles. The molecule has 1 aliphatic carbocycles. The molecule has 2 heterocycles. The largest absolute Gasteiger partial charge is 0.450 e. The molecule has 164 valence electrons. The van der Waals surface area contributed by atoms with Gasteiger partial charge >= 0.3 is 6.09 Å². The van der Waals surface area contributed by atoms with Crippen LogP contribution in [0.5, 0.6) is 0 Å². The Balaban J connectivity index is 1.46. The zero-order valence-electron chi connectivity index (χ0n) is 17.7. The summed E-state index contributed by atoms with van der Waals surface area (Å²) in [5.74, 6) is 0.544. The second-order valence-corrected chi connectivity index (χ2v) is 8.54. The molecule has 1 unspecified atom stereocenters. The summed E-state index contributed by atoms with van der Waals surface area (Å²) in [6.07, 6.45) is 7.69. The predicted octanol–water partition coefficient (Wildman–Crippen LogP) is 1.49. The summed E-state index contributed by atoms with van der Waals surface area (Å²) >= 11 is 0. The van der Waals surface area contributed by atoms with Crippen molar-refractivity contribution in [3.63, 3.8) is 0 Å². The maximum absolute atomic E-state index is 12.7. The number of amides is 3. The van der Waals surface area contributed by atoms with Gasteiger partial charge in [-0.1, -0.05) is 19.3 Å². The van der Waals surface area contributed by atoms with Crippen LogP contribution in [0.15, 0.2) is 0 Å². The van der Waals surface area contributed by atoms with E-state index in [4.69, 9.17) is 4.74 Å². The number of carbonyl (C=O) groups excluding carboxylic acids is 3. The normalized spacial score (nSPS) is 24.8. The Hall–Kier alpha value is -1.83. The zero-order chi connectivity index (χ0) is 20.6. The van der Waals surface area contributed by atoms with Gasteiger partial charge in [-0.2, -0.15) is 0 Å². The van der Waals surface area contributed by atoms with Gasteiger partial charge in [0.25, 0.3) is 0 Å². The van der Waals surface area contributed by atoms with Crippen molar-refractivity contribution < 1.29 is 19.1 Å². The zero-order valence-corrected chi connectivity index (χ0v) is 17.7. The molecule has 8 heteroatoms. The van der Waals surface area contributed by atoms with Crippen LogP contribution in [-0.4, -0.2) is 79.1 Å². The molecule has 29 heavy (non-hydrogen) atoms. The van der Waals surface area contributed by atoms with Crippen LogP contribution < -0.4 is 10.6 Å². The van der Waals surface area contributed by atoms with E-state index in [2.05, 4.69) is 15.5 Å². The summed E-state index contributed by atoms with van der Waals surface area (Å²) in [6, 6.07) is -0.322. The summed E-state index contributed by atoms with van der Waals surface area (Å²) in [6.45, 7) is 5.74. The standard InChI is InChI=1S/C21H36N4O4/c1-2-29-21(28)24-11-8-17(9-12-24)23-19(26)14-18-20(27)22-10-13-25(18)15-16-6-4-3-5-7-16/h16-18H,2-15H2,1H3,(H,22,27)(H,23,26). The quantitative estimate of drug-likeness (QED) is 0.695. The smallest absolute Gasteiger partial charge is 0.409 e. The van der Waals surface area contributed by atoms with Crippen molar-refractivity contribution in [2.75, 3.05) is 39.3 Å². The van der Waals surface area contributed by atoms with Gasteiger partial charge in [-0.3, -0.25) is 14.5 Å². The fourth-order valence-electron chi connectivity index (χ4n) is 4.79. The number of nitrogens with zero attached hydrogens (tertiary/aromatic N) is 2. The molecule has 8 nitrogen and oxygen atoms in total. The number of hydrogen-bond acceptors (Lipinski definition) is 5. The number of likely N-dealkylation sites (tertiary alicyclic amines) is 1. The molecular weight excluding hydrogens is 372 g/mol. The van der Waals surface area contributed by atoms with Crippen LogP contribution in [0, 0.1) is 5.92 Å². The fraction of sp³-hybridized carbons (Fsp3) is 0.857. The van der Waals surface area contributed by atoms with Crippen LogP contribution >= 0.6 is 0 Å². The van der Waals surface area contributed by atoms with E-state index in [0.29, 0.717) is 45.0 Å². The van der Waals surface area contributed by atoms with E-state index in [1.807, 2.05) is 0 Å². The van der Waals surface area contributed by atoms with E-state index in [0.717, 1.165) is 13.1 Å². The Morgan fingerprint density at radius 1 is 1.10 bits per heavy atom. The molecule has 3 fully saturated rings. The number of carbonyl (C=O) groups is 3. The third kappa shape index (κ3) is 6.32. The Morgan fingerprint density at radius 2 is 1.83 bits per heavy atom. The van der Waals surface area contributed by atoms with Crippen molar-refractivity contribution in [1.82, 2.24) is 20.4 Å². The Bertz CT molecular complexity index is 571. The van der Waals surface area contributed by atoms with Crippen LogP contribution in [0.25, 0.3) is 0 Å². The lowest BCUT2D eigenvalue weighted by Gasteiger charge is -2.38. The molecule has 2 aliphatic heterocycles. The van der Waals surface area contributed by atoms with Crippen LogP contribution in [0.2, 0.25) is 0 Å². The highest BCUT2D eigenvalue weighted by molar-refractivity contribution is 5.88. The molecule has 3 rings (SSSR count). The van der Waals surface area contributed by atoms with E-state index >= 15 is 0 Å². The average Bonchev–Trinajstić information content (AvgIpc) is 2.72. The second kappa shape index (κ2) is 10.8. The van der Waals surface area contributed by atoms with Crippen LogP contribution in [0.4, 0.5) is 4.79 Å². The van der Waals surface area contributed by atoms with Gasteiger partial charge in [-0.05, 0) is 38.5 Å². The van der Waals surface area contributed by atoms with Gasteiger partial charge in [0.15, 0.2) is 0 Å². The van der Waals surface area contributed by atoms with Crippen LogP contribution in [0.1, 0.15) is 58.3 Å². The highest BCUT2D eigenvalue weighted by atomic mass is 16.6. The first kappa shape index (κ1) is 21.9. The highest BCUT2D eigenvalue weighted by Crippen LogP contribution is 2.26. The lowest BCUT2D eigenvalue weighted by atomic mass is 9.88. The van der Waals surface area contributed by atoms with Gasteiger partial charge in [0, 0.05) is 38.8 Å². The number of ether oxygens (including phenoxy) is 1. The predicted molar refractivity (Wildman–Crippen MR) is 109 cm³/mol. The Morgan fingerprint density at radius 3 is 2.52 bits per heavy atom. The number of piperidine rings is 1. The molecule has 2 N–H and O–H groups in total. The Labute approximate surface area is 173 Å². The number of rotatable bonds is 6. The van der Waals surface area contributed by atoms with Crippen molar-refractivity contribution in [3.05, 3.63) is 0 Å². The van der Waals surface area contributed by atoms with Crippen molar-refractivity contribution in [2.45, 2.75) is 70.4 Å². The lowest BCUT2D eigenvalue weighted by molar-refractivity contribution is -0.134. The van der Waals surface area contributed by atoms with Gasteiger partial charge in [-0.15, -0.1) is 0 Å². The maximum Gasteiger partial charge on any atom is 0.409 e. The Kier molecular flexibility index (Phi) is 8.15. The minimum atomic E-state index is -0.370. The van der Waals surface area contributed by atoms with Crippen molar-refractivity contribution in [3.8, 4) is 0 Å². The molecule has 0 bridgehead atoms. The minimum absolute atomic E-state index is 0.0284. The first-order chi connectivity index (χ1) is 14.1. The van der Waals surface area contributed by atoms with Gasteiger partial charge in [0.2, 0.25) is 11.8 Å². The van der Waals surface area contributed by atoms with E-state index in [1.165, 1.54) is 32.1 Å². The fourth-order valence-corrected chi connectivity index (χ4v) is 4.79. The molecule has 3 aliphatic rings.